The summed E-state index contributed by atoms with van der Waals surface area (Å²) in [7, 11) is 0. The van der Waals surface area contributed by atoms with Gasteiger partial charge in [0.05, 0.1) is 5.25 Å². The van der Waals surface area contributed by atoms with E-state index in [0.29, 0.717) is 12.5 Å². The van der Waals surface area contributed by atoms with Gasteiger partial charge in [-0.15, -0.1) is 16.8 Å². The van der Waals surface area contributed by atoms with Gasteiger partial charge < -0.3 is 4.57 Å². The van der Waals surface area contributed by atoms with E-state index in [1.807, 2.05) is 19.1 Å². The summed E-state index contributed by atoms with van der Waals surface area (Å²) in [6, 6.07) is 6.19. The molecule has 0 N–H and O–H groups in total. The van der Waals surface area contributed by atoms with Crippen molar-refractivity contribution in [2.45, 2.75) is 61.9 Å². The molecule has 5 heteroatoms. The van der Waals surface area contributed by atoms with Crippen LogP contribution in [0, 0.1) is 0 Å². The number of fused-ring (bicyclic) bond motifs is 1. The van der Waals surface area contributed by atoms with Crippen molar-refractivity contribution >= 4 is 17.5 Å². The molecule has 0 radical (unpaired) electrons. The van der Waals surface area contributed by atoms with E-state index >= 15 is 0 Å². The molecule has 0 saturated heterocycles. The average Bonchev–Trinajstić information content (AvgIpc) is 3.22. The molecule has 2 aliphatic carbocycles. The van der Waals surface area contributed by atoms with Gasteiger partial charge in [-0.3, -0.25) is 4.79 Å². The molecule has 25 heavy (non-hydrogen) atoms. The number of carbonyl (C=O) groups is 1. The number of aryl methyl sites for hydroxylation is 2. The van der Waals surface area contributed by atoms with E-state index in [1.54, 1.807) is 0 Å². The number of Topliss-reactive ketones (excluding diaryl/α,β-unsaturated/α-hetero) is 1. The van der Waals surface area contributed by atoms with Crippen LogP contribution in [0.5, 0.6) is 0 Å². The van der Waals surface area contributed by atoms with Gasteiger partial charge in [0.25, 0.3) is 0 Å². The molecule has 0 spiro atoms. The van der Waals surface area contributed by atoms with E-state index in [4.69, 9.17) is 0 Å². The summed E-state index contributed by atoms with van der Waals surface area (Å²) >= 11 is 1.50. The molecule has 0 aliphatic heterocycles. The molecular weight excluding hydrogens is 330 g/mol. The van der Waals surface area contributed by atoms with Crippen LogP contribution >= 0.6 is 11.8 Å². The van der Waals surface area contributed by atoms with Gasteiger partial charge in [-0.2, -0.15) is 0 Å². The topological polar surface area (TPSA) is 47.8 Å². The third-order valence-electron chi connectivity index (χ3n) is 5.03. The van der Waals surface area contributed by atoms with Gasteiger partial charge >= 0.3 is 0 Å². The van der Waals surface area contributed by atoms with Crippen molar-refractivity contribution in [1.82, 2.24) is 14.8 Å². The standard InChI is InChI=1S/C20H23N3OS/c1-3-11-23-19(15-8-9-15)21-22-20(23)25-13(2)18(24)17-10-7-14-5-4-6-16(14)12-17/h3,7,10,12-13,15H,1,4-6,8-9,11H2,2H3. The van der Waals surface area contributed by atoms with E-state index in [-0.39, 0.29) is 11.0 Å². The number of carbonyl (C=O) groups excluding carboxylic acids is 1. The number of ketones is 1. The molecule has 1 atom stereocenters. The van der Waals surface area contributed by atoms with Crippen LogP contribution in [-0.4, -0.2) is 25.8 Å². The minimum absolute atomic E-state index is 0.167. The third-order valence-corrected chi connectivity index (χ3v) is 6.11. The summed E-state index contributed by atoms with van der Waals surface area (Å²) in [5.74, 6) is 1.74. The Labute approximate surface area is 152 Å². The van der Waals surface area contributed by atoms with Crippen LogP contribution in [0.4, 0.5) is 0 Å². The van der Waals surface area contributed by atoms with Crippen molar-refractivity contribution in [3.05, 3.63) is 53.4 Å². The minimum Gasteiger partial charge on any atom is -0.302 e. The third kappa shape index (κ3) is 3.30. The lowest BCUT2D eigenvalue weighted by molar-refractivity contribution is 0.0993. The summed E-state index contributed by atoms with van der Waals surface area (Å²) in [6.45, 7) is 6.50. The monoisotopic (exact) mass is 353 g/mol. The molecule has 2 aromatic rings. The molecule has 1 saturated carbocycles. The van der Waals surface area contributed by atoms with Crippen molar-refractivity contribution < 1.29 is 4.79 Å². The predicted molar refractivity (Wildman–Crippen MR) is 100 cm³/mol. The van der Waals surface area contributed by atoms with Gasteiger partial charge in [-0.25, -0.2) is 0 Å². The number of benzene rings is 1. The van der Waals surface area contributed by atoms with Crippen LogP contribution in [0.3, 0.4) is 0 Å². The molecular formula is C20H23N3OS. The molecule has 4 nitrogen and oxygen atoms in total. The maximum absolute atomic E-state index is 12.9. The summed E-state index contributed by atoms with van der Waals surface area (Å²) in [5.41, 5.74) is 3.56. The molecule has 1 fully saturated rings. The largest absolute Gasteiger partial charge is 0.302 e. The Morgan fingerprint density at radius 3 is 2.92 bits per heavy atom. The van der Waals surface area contributed by atoms with Gasteiger partial charge in [0, 0.05) is 18.0 Å². The SMILES string of the molecule is C=CCn1c(SC(C)C(=O)c2ccc3c(c2)CCC3)nnc1C1CC1. The summed E-state index contributed by atoms with van der Waals surface area (Å²) in [6.07, 6.45) is 7.67. The molecule has 0 amide bonds. The summed E-state index contributed by atoms with van der Waals surface area (Å²) in [5, 5.41) is 9.35. The predicted octanol–water partition coefficient (Wildman–Crippen LogP) is 4.19. The Bertz CT molecular complexity index is 822. The molecule has 2 aliphatic rings. The van der Waals surface area contributed by atoms with Gasteiger partial charge in [-0.1, -0.05) is 30.0 Å². The van der Waals surface area contributed by atoms with Crippen LogP contribution in [0.15, 0.2) is 36.0 Å². The van der Waals surface area contributed by atoms with Gasteiger partial charge in [0.1, 0.15) is 5.82 Å². The normalized spacial score (nSPS) is 17.3. The van der Waals surface area contributed by atoms with E-state index < -0.39 is 0 Å². The van der Waals surface area contributed by atoms with Gasteiger partial charge in [-0.05, 0) is 56.2 Å². The smallest absolute Gasteiger partial charge is 0.192 e. The van der Waals surface area contributed by atoms with E-state index in [2.05, 4.69) is 33.5 Å². The maximum Gasteiger partial charge on any atom is 0.192 e. The molecule has 1 aromatic heterocycles. The highest BCUT2D eigenvalue weighted by Gasteiger charge is 2.31. The van der Waals surface area contributed by atoms with Crippen molar-refractivity contribution in [3.8, 4) is 0 Å². The molecule has 1 aromatic carbocycles. The molecule has 0 bridgehead atoms. The Kier molecular flexibility index (Phi) is 4.50. The second-order valence-electron chi connectivity index (χ2n) is 6.98. The van der Waals surface area contributed by atoms with Gasteiger partial charge in [0.15, 0.2) is 10.9 Å². The van der Waals surface area contributed by atoms with Crippen molar-refractivity contribution in [1.29, 1.82) is 0 Å². The van der Waals surface area contributed by atoms with E-state index in [0.717, 1.165) is 29.4 Å². The second kappa shape index (κ2) is 6.79. The fourth-order valence-electron chi connectivity index (χ4n) is 3.50. The van der Waals surface area contributed by atoms with Gasteiger partial charge in [0.2, 0.25) is 0 Å². The van der Waals surface area contributed by atoms with Crippen LogP contribution < -0.4 is 0 Å². The molecule has 1 heterocycles. The first kappa shape index (κ1) is 16.6. The Hall–Kier alpha value is -1.88. The maximum atomic E-state index is 12.9. The number of rotatable bonds is 7. The van der Waals surface area contributed by atoms with Crippen LogP contribution in [-0.2, 0) is 19.4 Å². The average molecular weight is 353 g/mol. The Morgan fingerprint density at radius 1 is 1.36 bits per heavy atom. The number of nitrogens with zero attached hydrogens (tertiary/aromatic N) is 3. The lowest BCUT2D eigenvalue weighted by Gasteiger charge is -2.12. The highest BCUT2D eigenvalue weighted by Crippen LogP contribution is 2.40. The highest BCUT2D eigenvalue weighted by molar-refractivity contribution is 8.00. The number of aromatic nitrogens is 3. The minimum atomic E-state index is -0.181. The Morgan fingerprint density at radius 2 is 2.16 bits per heavy atom. The fraction of sp³-hybridized carbons (Fsp3) is 0.450. The summed E-state index contributed by atoms with van der Waals surface area (Å²) in [4.78, 5) is 12.9. The number of thioether (sulfide) groups is 1. The first-order valence-electron chi connectivity index (χ1n) is 9.04. The molecule has 1 unspecified atom stereocenters. The highest BCUT2D eigenvalue weighted by atomic mass is 32.2. The number of hydrogen-bond donors (Lipinski definition) is 0. The number of allylic oxidation sites excluding steroid dienone is 1. The number of hydrogen-bond acceptors (Lipinski definition) is 4. The van der Waals surface area contributed by atoms with E-state index in [1.165, 1.54) is 42.2 Å². The molecule has 130 valence electrons. The molecule has 4 rings (SSSR count). The quantitative estimate of drug-likeness (QED) is 0.425. The lowest BCUT2D eigenvalue weighted by atomic mass is 10.0. The first-order valence-corrected chi connectivity index (χ1v) is 9.92. The Balaban J connectivity index is 1.52. The van der Waals surface area contributed by atoms with Crippen LogP contribution in [0.1, 0.15) is 59.4 Å². The van der Waals surface area contributed by atoms with E-state index in [9.17, 15) is 4.79 Å². The zero-order chi connectivity index (χ0) is 17.4. The van der Waals surface area contributed by atoms with Crippen LogP contribution in [0.2, 0.25) is 0 Å². The van der Waals surface area contributed by atoms with Crippen LogP contribution in [0.25, 0.3) is 0 Å². The van der Waals surface area contributed by atoms with Crippen molar-refractivity contribution in [2.24, 2.45) is 0 Å². The van der Waals surface area contributed by atoms with Crippen molar-refractivity contribution in [2.75, 3.05) is 0 Å². The zero-order valence-corrected chi connectivity index (χ0v) is 15.4. The summed E-state index contributed by atoms with van der Waals surface area (Å²) < 4.78 is 2.11. The van der Waals surface area contributed by atoms with Crippen molar-refractivity contribution in [3.63, 3.8) is 0 Å². The second-order valence-corrected chi connectivity index (χ2v) is 8.28. The first-order chi connectivity index (χ1) is 12.2. The zero-order valence-electron chi connectivity index (χ0n) is 14.6. The fourth-order valence-corrected chi connectivity index (χ4v) is 4.45. The lowest BCUT2D eigenvalue weighted by Crippen LogP contribution is -2.15.